The molecule has 66 valence electrons. The van der Waals surface area contributed by atoms with Crippen LogP contribution in [0, 0.1) is 4.91 Å². The van der Waals surface area contributed by atoms with Gasteiger partial charge in [0.15, 0.2) is 0 Å². The highest BCUT2D eigenvalue weighted by Crippen LogP contribution is 2.25. The maximum Gasteiger partial charge on any atom is 0.109 e. The minimum atomic E-state index is 0.408. The molecule has 0 fully saturated rings. The van der Waals surface area contributed by atoms with Gasteiger partial charge in [0.1, 0.15) is 5.69 Å². The van der Waals surface area contributed by atoms with Crippen LogP contribution >= 0.6 is 21.7 Å². The fraction of sp³-hybridized carbons (Fsp3) is 0.250. The quantitative estimate of drug-likeness (QED) is 0.669. The molecule has 0 aliphatic heterocycles. The van der Waals surface area contributed by atoms with E-state index in [0.29, 0.717) is 5.69 Å². The van der Waals surface area contributed by atoms with Gasteiger partial charge in [0.05, 0.1) is 0 Å². The summed E-state index contributed by atoms with van der Waals surface area (Å²) in [5, 5.41) is 2.76. The number of halogens is 1. The Balaban J connectivity index is 0.000000561. The fourth-order valence-electron chi connectivity index (χ4n) is 0.588. The molecule has 0 saturated carbocycles. The van der Waals surface area contributed by atoms with E-state index in [9.17, 15) is 4.91 Å². The second-order valence-corrected chi connectivity index (χ2v) is 2.75. The highest BCUT2D eigenvalue weighted by atomic mass is 35.7. The van der Waals surface area contributed by atoms with Crippen molar-refractivity contribution in [1.29, 1.82) is 0 Å². The summed E-state index contributed by atoms with van der Waals surface area (Å²) >= 11 is 0. The minimum absolute atomic E-state index is 0.408. The molecule has 0 aliphatic carbocycles. The Morgan fingerprint density at radius 1 is 1.42 bits per heavy atom. The van der Waals surface area contributed by atoms with Gasteiger partial charge in [-0.15, -0.1) is 4.91 Å². The second kappa shape index (κ2) is 7.13. The molecule has 0 spiro atoms. The zero-order valence-corrected chi connectivity index (χ0v) is 8.52. The number of nitrogens with zero attached hydrogens (tertiary/aromatic N) is 1. The van der Waals surface area contributed by atoms with Crippen molar-refractivity contribution in [2.45, 2.75) is 18.7 Å². The van der Waals surface area contributed by atoms with Crippen molar-refractivity contribution in [3.05, 3.63) is 29.2 Å². The van der Waals surface area contributed by atoms with Gasteiger partial charge in [-0.05, 0) is 45.0 Å². The molecule has 1 aromatic rings. The molecule has 1 rings (SSSR count). The second-order valence-electron chi connectivity index (χ2n) is 1.67. The van der Waals surface area contributed by atoms with Crippen LogP contribution in [0.1, 0.15) is 13.8 Å². The van der Waals surface area contributed by atoms with Crippen LogP contribution in [0.5, 0.6) is 0 Å². The molecule has 0 heterocycles. The summed E-state index contributed by atoms with van der Waals surface area (Å²) in [6.07, 6.45) is 0. The highest BCUT2D eigenvalue weighted by Gasteiger charge is 1.92. The minimum Gasteiger partial charge on any atom is -0.145 e. The molecule has 1 aromatic carbocycles. The van der Waals surface area contributed by atoms with Crippen molar-refractivity contribution in [3.8, 4) is 0 Å². The Morgan fingerprint density at radius 2 is 2.08 bits per heavy atom. The average molecular weight is 204 g/mol. The van der Waals surface area contributed by atoms with Crippen LogP contribution < -0.4 is 0 Å². The number of nitroso groups, excluding NO2 is 1. The van der Waals surface area contributed by atoms with Gasteiger partial charge < -0.3 is 0 Å². The number of benzene rings is 1. The van der Waals surface area contributed by atoms with Crippen molar-refractivity contribution in [2.24, 2.45) is 5.18 Å². The highest BCUT2D eigenvalue weighted by molar-refractivity contribution is 8.21. The first kappa shape index (κ1) is 11.5. The van der Waals surface area contributed by atoms with Crippen molar-refractivity contribution in [1.82, 2.24) is 0 Å². The molecule has 0 saturated heterocycles. The molecular weight excluding hydrogens is 194 g/mol. The normalized spacial score (nSPS) is 8.25. The molecule has 0 amide bonds. The van der Waals surface area contributed by atoms with Crippen LogP contribution in [0.25, 0.3) is 0 Å². The first-order valence-electron chi connectivity index (χ1n) is 3.59. The van der Waals surface area contributed by atoms with E-state index in [1.165, 1.54) is 0 Å². The lowest BCUT2D eigenvalue weighted by atomic mass is 10.3. The Kier molecular flexibility index (Phi) is 6.81. The number of hydrogen-bond acceptors (Lipinski definition) is 3. The first-order valence-corrected chi connectivity index (χ1v) is 5.23. The Bertz CT molecular complexity index is 242. The summed E-state index contributed by atoms with van der Waals surface area (Å²) < 4.78 is 0. The van der Waals surface area contributed by atoms with Gasteiger partial charge in [-0.2, -0.15) is 0 Å². The molecule has 0 unspecified atom stereocenters. The molecule has 0 radical (unpaired) electrons. The lowest BCUT2D eigenvalue weighted by Crippen LogP contribution is -1.64. The molecule has 0 bridgehead atoms. The summed E-state index contributed by atoms with van der Waals surface area (Å²) in [5.74, 6) is 0. The van der Waals surface area contributed by atoms with Crippen LogP contribution in [0.15, 0.2) is 34.3 Å². The third-order valence-electron chi connectivity index (χ3n) is 1.01. The maximum absolute atomic E-state index is 9.97. The van der Waals surface area contributed by atoms with E-state index in [2.05, 4.69) is 5.18 Å². The van der Waals surface area contributed by atoms with Crippen molar-refractivity contribution >= 4 is 27.3 Å². The SMILES string of the molecule is CC.O=Nc1cccc(SCl)c1. The van der Waals surface area contributed by atoms with Gasteiger partial charge in [0, 0.05) is 4.90 Å². The summed E-state index contributed by atoms with van der Waals surface area (Å²) in [6.45, 7) is 4.00. The fourth-order valence-corrected chi connectivity index (χ4v) is 1.17. The van der Waals surface area contributed by atoms with E-state index in [0.717, 1.165) is 15.9 Å². The number of rotatable bonds is 2. The zero-order chi connectivity index (χ0) is 9.40. The van der Waals surface area contributed by atoms with E-state index < -0.39 is 0 Å². The average Bonchev–Trinajstić information content (AvgIpc) is 2.21. The van der Waals surface area contributed by atoms with Crippen LogP contribution in [0.4, 0.5) is 5.69 Å². The van der Waals surface area contributed by atoms with Gasteiger partial charge in [0.25, 0.3) is 0 Å². The smallest absolute Gasteiger partial charge is 0.109 e. The molecule has 12 heavy (non-hydrogen) atoms. The van der Waals surface area contributed by atoms with Crippen molar-refractivity contribution in [3.63, 3.8) is 0 Å². The van der Waals surface area contributed by atoms with E-state index in [1.807, 2.05) is 19.9 Å². The topological polar surface area (TPSA) is 29.4 Å². The summed E-state index contributed by atoms with van der Waals surface area (Å²) in [5.41, 5.74) is 0.408. The molecule has 0 aliphatic rings. The van der Waals surface area contributed by atoms with Gasteiger partial charge >= 0.3 is 0 Å². The third-order valence-corrected chi connectivity index (χ3v) is 1.98. The summed E-state index contributed by atoms with van der Waals surface area (Å²) in [7, 11) is 6.50. The molecule has 4 heteroatoms. The van der Waals surface area contributed by atoms with Gasteiger partial charge in [-0.3, -0.25) is 0 Å². The van der Waals surface area contributed by atoms with Gasteiger partial charge in [0.2, 0.25) is 0 Å². The van der Waals surface area contributed by atoms with Crippen LogP contribution in [0.3, 0.4) is 0 Å². The molecular formula is C8H10ClNOS. The summed E-state index contributed by atoms with van der Waals surface area (Å²) in [6, 6.07) is 6.81. The molecule has 2 nitrogen and oxygen atoms in total. The lowest BCUT2D eigenvalue weighted by Gasteiger charge is -1.91. The monoisotopic (exact) mass is 203 g/mol. The molecule has 0 N–H and O–H groups in total. The Morgan fingerprint density at radius 3 is 2.58 bits per heavy atom. The lowest BCUT2D eigenvalue weighted by molar-refractivity contribution is 1.40. The zero-order valence-electron chi connectivity index (χ0n) is 6.95. The molecule has 0 atom stereocenters. The van der Waals surface area contributed by atoms with Crippen LogP contribution in [-0.2, 0) is 0 Å². The standard InChI is InChI=1S/C6H4ClNOS.C2H6/c7-10-6-3-1-2-5(4-6)8-9;1-2/h1-4H;1-2H3. The predicted octanol–water partition coefficient (Wildman–Crippen LogP) is 4.36. The van der Waals surface area contributed by atoms with E-state index in [-0.39, 0.29) is 0 Å². The maximum atomic E-state index is 9.97. The Labute approximate surface area is 80.8 Å². The van der Waals surface area contributed by atoms with Gasteiger partial charge in [-0.25, -0.2) is 0 Å². The predicted molar refractivity (Wildman–Crippen MR) is 55.0 cm³/mol. The summed E-state index contributed by atoms with van der Waals surface area (Å²) in [4.78, 5) is 10.8. The number of hydrogen-bond donors (Lipinski definition) is 0. The molecule has 0 aromatic heterocycles. The van der Waals surface area contributed by atoms with E-state index >= 15 is 0 Å². The van der Waals surface area contributed by atoms with Crippen LogP contribution in [-0.4, -0.2) is 0 Å². The largest absolute Gasteiger partial charge is 0.145 e. The van der Waals surface area contributed by atoms with E-state index in [1.54, 1.807) is 18.2 Å². The van der Waals surface area contributed by atoms with E-state index in [4.69, 9.17) is 10.7 Å². The first-order chi connectivity index (χ1) is 5.86. The Hall–Kier alpha value is -0.540. The van der Waals surface area contributed by atoms with Gasteiger partial charge in [-0.1, -0.05) is 19.9 Å². The van der Waals surface area contributed by atoms with Crippen molar-refractivity contribution < 1.29 is 0 Å². The van der Waals surface area contributed by atoms with Crippen LogP contribution in [0.2, 0.25) is 0 Å². The van der Waals surface area contributed by atoms with Crippen molar-refractivity contribution in [2.75, 3.05) is 0 Å². The third kappa shape index (κ3) is 3.74.